The van der Waals surface area contributed by atoms with Gasteiger partial charge in [0.05, 0.1) is 5.69 Å². The van der Waals surface area contributed by atoms with E-state index < -0.39 is 0 Å². The van der Waals surface area contributed by atoms with Crippen LogP contribution in [0.25, 0.3) is 0 Å². The van der Waals surface area contributed by atoms with Crippen LogP contribution >= 0.6 is 15.9 Å². The Kier molecular flexibility index (Phi) is 4.86. The van der Waals surface area contributed by atoms with E-state index in [9.17, 15) is 0 Å². The van der Waals surface area contributed by atoms with E-state index in [0.717, 1.165) is 41.2 Å². The van der Waals surface area contributed by atoms with Gasteiger partial charge in [-0.15, -0.1) is 0 Å². The molecule has 132 valence electrons. The highest BCUT2D eigenvalue weighted by Gasteiger charge is 2.29. The van der Waals surface area contributed by atoms with Crippen LogP contribution in [0.4, 0.5) is 5.69 Å². The van der Waals surface area contributed by atoms with E-state index in [1.165, 1.54) is 5.56 Å². The van der Waals surface area contributed by atoms with Crippen LogP contribution < -0.4 is 14.8 Å². The number of halogens is 1. The molecule has 0 amide bonds. The van der Waals surface area contributed by atoms with Crippen molar-refractivity contribution < 1.29 is 9.47 Å². The summed E-state index contributed by atoms with van der Waals surface area (Å²) < 4.78 is 12.4. The van der Waals surface area contributed by atoms with E-state index in [-0.39, 0.29) is 0 Å². The molecule has 2 aromatic carbocycles. The first-order chi connectivity index (χ1) is 12.2. The van der Waals surface area contributed by atoms with Crippen LogP contribution in [0.2, 0.25) is 0 Å². The van der Waals surface area contributed by atoms with Crippen LogP contribution in [-0.2, 0) is 6.54 Å². The van der Waals surface area contributed by atoms with Gasteiger partial charge in [0.15, 0.2) is 11.5 Å². The highest BCUT2D eigenvalue weighted by molar-refractivity contribution is 9.10. The number of hydrogen-bond acceptors (Lipinski definition) is 4. The van der Waals surface area contributed by atoms with E-state index in [0.29, 0.717) is 25.3 Å². The van der Waals surface area contributed by atoms with Crippen molar-refractivity contribution in [3.63, 3.8) is 0 Å². The zero-order valence-corrected chi connectivity index (χ0v) is 16.0. The number of rotatable bonds is 4. The predicted molar refractivity (Wildman–Crippen MR) is 103 cm³/mol. The molecule has 4 nitrogen and oxygen atoms in total. The zero-order chi connectivity index (χ0) is 17.2. The first-order valence-corrected chi connectivity index (χ1v) is 9.62. The number of likely N-dealkylation sites (tertiary alicyclic amines) is 1. The van der Waals surface area contributed by atoms with Crippen molar-refractivity contribution in [2.24, 2.45) is 0 Å². The lowest BCUT2D eigenvalue weighted by atomic mass is 10.1. The van der Waals surface area contributed by atoms with Gasteiger partial charge in [-0.1, -0.05) is 30.3 Å². The molecule has 0 spiro atoms. The maximum absolute atomic E-state index is 5.71. The molecule has 2 aromatic rings. The topological polar surface area (TPSA) is 33.7 Å². The van der Waals surface area contributed by atoms with Gasteiger partial charge in [0.25, 0.3) is 0 Å². The summed E-state index contributed by atoms with van der Waals surface area (Å²) in [7, 11) is 0. The molecule has 2 unspecified atom stereocenters. The maximum Gasteiger partial charge on any atom is 0.163 e. The lowest BCUT2D eigenvalue weighted by molar-refractivity contribution is 0.171. The quantitative estimate of drug-likeness (QED) is 0.826. The Balaban J connectivity index is 1.43. The second-order valence-corrected chi connectivity index (χ2v) is 7.67. The number of nitrogens with zero attached hydrogens (tertiary/aromatic N) is 1. The molecule has 0 aliphatic carbocycles. The van der Waals surface area contributed by atoms with E-state index in [1.807, 2.05) is 12.1 Å². The Labute approximate surface area is 157 Å². The number of anilines is 1. The van der Waals surface area contributed by atoms with Gasteiger partial charge in [-0.2, -0.15) is 0 Å². The predicted octanol–water partition coefficient (Wildman–Crippen LogP) is 4.30. The SMILES string of the molecule is CC1CC(Nc2cc3c(cc2Br)OCCO3)CN1Cc1ccccc1. The summed E-state index contributed by atoms with van der Waals surface area (Å²) in [6, 6.07) is 15.7. The third-order valence-corrected chi connectivity index (χ3v) is 5.58. The van der Waals surface area contributed by atoms with Crippen LogP contribution in [0.5, 0.6) is 11.5 Å². The van der Waals surface area contributed by atoms with Gasteiger partial charge in [0.2, 0.25) is 0 Å². The average Bonchev–Trinajstić information content (AvgIpc) is 2.96. The fourth-order valence-electron chi connectivity index (χ4n) is 3.64. The lowest BCUT2D eigenvalue weighted by Gasteiger charge is -2.22. The number of hydrogen-bond donors (Lipinski definition) is 1. The summed E-state index contributed by atoms with van der Waals surface area (Å²) >= 11 is 3.66. The van der Waals surface area contributed by atoms with Crippen molar-refractivity contribution in [3.05, 3.63) is 52.5 Å². The Morgan fingerprint density at radius 3 is 2.60 bits per heavy atom. The average molecular weight is 403 g/mol. The fourth-order valence-corrected chi connectivity index (χ4v) is 4.07. The molecule has 2 aliphatic heterocycles. The molecule has 1 saturated heterocycles. The summed E-state index contributed by atoms with van der Waals surface area (Å²) in [6.07, 6.45) is 1.13. The standard InChI is InChI=1S/C20H23BrN2O2/c1-14-9-16(13-23(14)12-15-5-3-2-4-6-15)22-18-11-20-19(10-17(18)21)24-7-8-25-20/h2-6,10-11,14,16,22H,7-9,12-13H2,1H3. The molecule has 0 bridgehead atoms. The largest absolute Gasteiger partial charge is 0.486 e. The first kappa shape index (κ1) is 16.7. The molecular weight excluding hydrogens is 380 g/mol. The van der Waals surface area contributed by atoms with E-state index in [4.69, 9.17) is 9.47 Å². The molecule has 0 aromatic heterocycles. The molecular formula is C20H23BrN2O2. The Morgan fingerprint density at radius 2 is 1.84 bits per heavy atom. The molecule has 2 atom stereocenters. The summed E-state index contributed by atoms with van der Waals surface area (Å²) in [6.45, 7) is 5.57. The minimum atomic E-state index is 0.428. The van der Waals surface area contributed by atoms with E-state index in [1.54, 1.807) is 0 Å². The van der Waals surface area contributed by atoms with Crippen LogP contribution in [0.1, 0.15) is 18.9 Å². The van der Waals surface area contributed by atoms with Crippen molar-refractivity contribution in [2.75, 3.05) is 25.1 Å². The van der Waals surface area contributed by atoms with Crippen LogP contribution in [0.3, 0.4) is 0 Å². The Hall–Kier alpha value is -1.72. The molecule has 2 heterocycles. The summed E-state index contributed by atoms with van der Waals surface area (Å²) in [5.74, 6) is 1.64. The smallest absolute Gasteiger partial charge is 0.163 e. The number of nitrogens with one attached hydrogen (secondary N) is 1. The Morgan fingerprint density at radius 1 is 1.12 bits per heavy atom. The number of ether oxygens (including phenoxy) is 2. The minimum absolute atomic E-state index is 0.428. The van der Waals surface area contributed by atoms with Crippen LogP contribution in [0.15, 0.2) is 46.9 Å². The zero-order valence-electron chi connectivity index (χ0n) is 14.4. The highest BCUT2D eigenvalue weighted by Crippen LogP contribution is 2.39. The van der Waals surface area contributed by atoms with E-state index in [2.05, 4.69) is 63.4 Å². The van der Waals surface area contributed by atoms with Gasteiger partial charge >= 0.3 is 0 Å². The molecule has 2 aliphatic rings. The highest BCUT2D eigenvalue weighted by atomic mass is 79.9. The van der Waals surface area contributed by atoms with E-state index >= 15 is 0 Å². The monoisotopic (exact) mass is 402 g/mol. The normalized spacial score (nSPS) is 22.8. The molecule has 1 fully saturated rings. The molecule has 0 saturated carbocycles. The van der Waals surface area contributed by atoms with Gasteiger partial charge in [0, 0.05) is 41.8 Å². The maximum atomic E-state index is 5.71. The third kappa shape index (κ3) is 3.77. The summed E-state index contributed by atoms with van der Waals surface area (Å²) in [5, 5.41) is 3.68. The second-order valence-electron chi connectivity index (χ2n) is 6.82. The minimum Gasteiger partial charge on any atom is -0.486 e. The molecule has 4 rings (SSSR count). The Bertz CT molecular complexity index is 738. The van der Waals surface area contributed by atoms with Crippen LogP contribution in [0, 0.1) is 0 Å². The van der Waals surface area contributed by atoms with Gasteiger partial charge in [-0.3, -0.25) is 4.90 Å². The van der Waals surface area contributed by atoms with Crippen molar-refractivity contribution in [2.45, 2.75) is 32.0 Å². The van der Waals surface area contributed by atoms with Gasteiger partial charge in [0.1, 0.15) is 13.2 Å². The fraction of sp³-hybridized carbons (Fsp3) is 0.400. The first-order valence-electron chi connectivity index (χ1n) is 8.82. The number of fused-ring (bicyclic) bond motifs is 1. The van der Waals surface area contributed by atoms with Gasteiger partial charge in [-0.25, -0.2) is 0 Å². The molecule has 5 heteroatoms. The third-order valence-electron chi connectivity index (χ3n) is 4.92. The van der Waals surface area contributed by atoms with Crippen molar-refractivity contribution in [1.82, 2.24) is 4.90 Å². The second kappa shape index (κ2) is 7.26. The molecule has 1 N–H and O–H groups in total. The van der Waals surface area contributed by atoms with Crippen molar-refractivity contribution in [3.8, 4) is 11.5 Å². The van der Waals surface area contributed by atoms with Crippen molar-refractivity contribution >= 4 is 21.6 Å². The summed E-state index contributed by atoms with van der Waals surface area (Å²) in [5.41, 5.74) is 2.44. The van der Waals surface area contributed by atoms with Gasteiger partial charge in [-0.05, 0) is 34.8 Å². The summed E-state index contributed by atoms with van der Waals surface area (Å²) in [4.78, 5) is 2.54. The molecule has 25 heavy (non-hydrogen) atoms. The molecule has 0 radical (unpaired) electrons. The van der Waals surface area contributed by atoms with Gasteiger partial charge < -0.3 is 14.8 Å². The van der Waals surface area contributed by atoms with Crippen LogP contribution in [-0.4, -0.2) is 36.7 Å². The lowest BCUT2D eigenvalue weighted by Crippen LogP contribution is -2.28. The van der Waals surface area contributed by atoms with Crippen molar-refractivity contribution in [1.29, 1.82) is 0 Å². The number of benzene rings is 2.